The van der Waals surface area contributed by atoms with Gasteiger partial charge in [-0.2, -0.15) is 0 Å². The van der Waals surface area contributed by atoms with E-state index < -0.39 is 12.0 Å². The maximum Gasteiger partial charge on any atom is 0.256 e. The predicted molar refractivity (Wildman–Crippen MR) is 65.4 cm³/mol. The Morgan fingerprint density at radius 2 is 1.89 bits per heavy atom. The first-order chi connectivity index (χ1) is 8.53. The van der Waals surface area contributed by atoms with Gasteiger partial charge in [-0.25, -0.2) is 13.2 Å². The minimum absolute atomic E-state index is 0.180. The number of hydrogen-bond acceptors (Lipinski definition) is 2. The quantitative estimate of drug-likeness (QED) is 0.883. The molecule has 1 heterocycles. The Hall–Kier alpha value is -1.23. The third-order valence-electron chi connectivity index (χ3n) is 3.55. The maximum atomic E-state index is 13.6. The summed E-state index contributed by atoms with van der Waals surface area (Å²) in [6.45, 7) is 0.925. The fourth-order valence-electron chi connectivity index (χ4n) is 2.35. The molecule has 1 saturated heterocycles. The van der Waals surface area contributed by atoms with E-state index in [2.05, 4.69) is 0 Å². The second-order valence-corrected chi connectivity index (χ2v) is 4.83. The average molecular weight is 258 g/mol. The third kappa shape index (κ3) is 2.61. The predicted octanol–water partition coefficient (Wildman–Crippen LogP) is 2.78. The molecule has 0 bridgehead atoms. The molecule has 1 unspecified atom stereocenters. The largest absolute Gasteiger partial charge is 0.369 e. The molecule has 0 aromatic heterocycles. The Morgan fingerprint density at radius 3 is 2.56 bits per heavy atom. The number of nitrogens with zero attached hydrogens (tertiary/aromatic N) is 1. The van der Waals surface area contributed by atoms with Crippen LogP contribution in [0.3, 0.4) is 0 Å². The molecule has 1 aromatic rings. The molecule has 0 radical (unpaired) electrons. The van der Waals surface area contributed by atoms with Gasteiger partial charge in [-0.15, -0.1) is 0 Å². The summed E-state index contributed by atoms with van der Waals surface area (Å²) in [7, 11) is 0. The molecule has 0 aliphatic carbocycles. The van der Waals surface area contributed by atoms with Crippen molar-refractivity contribution in [2.75, 3.05) is 18.0 Å². The number of halogens is 3. The third-order valence-corrected chi connectivity index (χ3v) is 3.55. The second-order valence-electron chi connectivity index (χ2n) is 4.83. The van der Waals surface area contributed by atoms with Gasteiger partial charge in [-0.05, 0) is 31.4 Å². The Labute approximate surface area is 105 Å². The van der Waals surface area contributed by atoms with E-state index in [9.17, 15) is 13.2 Å². The molecule has 2 nitrogen and oxygen atoms in total. The molecule has 5 heteroatoms. The van der Waals surface area contributed by atoms with Crippen LogP contribution < -0.4 is 10.6 Å². The van der Waals surface area contributed by atoms with Gasteiger partial charge in [-0.3, -0.25) is 0 Å². The van der Waals surface area contributed by atoms with Crippen molar-refractivity contribution in [3.63, 3.8) is 0 Å². The molecule has 1 atom stereocenters. The normalized spacial score (nSPS) is 25.3. The number of anilines is 1. The van der Waals surface area contributed by atoms with E-state index >= 15 is 0 Å². The van der Waals surface area contributed by atoms with Crippen molar-refractivity contribution < 1.29 is 13.2 Å². The molecule has 1 aliphatic heterocycles. The lowest BCUT2D eigenvalue weighted by atomic mass is 9.92. The maximum absolute atomic E-state index is 13.6. The molecule has 2 rings (SSSR count). The van der Waals surface area contributed by atoms with Crippen LogP contribution in [-0.2, 0) is 0 Å². The van der Waals surface area contributed by atoms with Crippen molar-refractivity contribution in [3.05, 3.63) is 30.1 Å². The van der Waals surface area contributed by atoms with Crippen LogP contribution >= 0.6 is 0 Å². The lowest BCUT2D eigenvalue weighted by Crippen LogP contribution is -2.47. The Morgan fingerprint density at radius 1 is 1.17 bits per heavy atom. The van der Waals surface area contributed by atoms with Crippen LogP contribution in [0.4, 0.5) is 18.9 Å². The summed E-state index contributed by atoms with van der Waals surface area (Å²) in [4.78, 5) is 1.80. The van der Waals surface area contributed by atoms with E-state index in [-0.39, 0.29) is 18.7 Å². The van der Waals surface area contributed by atoms with Gasteiger partial charge < -0.3 is 10.6 Å². The van der Waals surface area contributed by atoms with Crippen molar-refractivity contribution in [3.8, 4) is 0 Å². The van der Waals surface area contributed by atoms with Crippen molar-refractivity contribution in [1.29, 1.82) is 0 Å². The first-order valence-corrected chi connectivity index (χ1v) is 6.09. The van der Waals surface area contributed by atoms with E-state index in [1.807, 2.05) is 0 Å². The van der Waals surface area contributed by atoms with Gasteiger partial charge in [0.25, 0.3) is 6.43 Å². The molecule has 1 aliphatic rings. The second kappa shape index (κ2) is 5.18. The van der Waals surface area contributed by atoms with Crippen LogP contribution in [0.2, 0.25) is 0 Å². The van der Waals surface area contributed by atoms with E-state index in [4.69, 9.17) is 5.73 Å². The summed E-state index contributed by atoms with van der Waals surface area (Å²) >= 11 is 0. The van der Waals surface area contributed by atoms with Crippen molar-refractivity contribution >= 4 is 5.69 Å². The smallest absolute Gasteiger partial charge is 0.256 e. The van der Waals surface area contributed by atoms with E-state index in [1.54, 1.807) is 23.1 Å². The molecule has 0 saturated carbocycles. The SMILES string of the molecule is NC1(C(F)F)CCCN(c2ccccc2F)CC1. The zero-order valence-electron chi connectivity index (χ0n) is 10.1. The van der Waals surface area contributed by atoms with Crippen LogP contribution in [0, 0.1) is 5.82 Å². The van der Waals surface area contributed by atoms with Crippen LogP contribution in [-0.4, -0.2) is 25.1 Å². The topological polar surface area (TPSA) is 29.3 Å². The van der Waals surface area contributed by atoms with Crippen molar-refractivity contribution in [2.45, 2.75) is 31.2 Å². The zero-order chi connectivity index (χ0) is 13.2. The Balaban J connectivity index is 2.13. The Bertz CT molecular complexity index is 411. The lowest BCUT2D eigenvalue weighted by Gasteiger charge is -2.27. The van der Waals surface area contributed by atoms with Gasteiger partial charge >= 0.3 is 0 Å². The molecule has 2 N–H and O–H groups in total. The number of nitrogens with two attached hydrogens (primary N) is 1. The van der Waals surface area contributed by atoms with Gasteiger partial charge in [0.1, 0.15) is 5.82 Å². The molecule has 0 spiro atoms. The summed E-state index contributed by atoms with van der Waals surface area (Å²) in [5.41, 5.74) is 4.75. The number of rotatable bonds is 2. The zero-order valence-corrected chi connectivity index (χ0v) is 10.1. The highest BCUT2D eigenvalue weighted by atomic mass is 19.3. The molecule has 0 amide bonds. The van der Waals surface area contributed by atoms with Gasteiger partial charge in [0.05, 0.1) is 11.2 Å². The summed E-state index contributed by atoms with van der Waals surface area (Å²) in [5, 5.41) is 0. The van der Waals surface area contributed by atoms with Crippen molar-refractivity contribution in [2.24, 2.45) is 5.73 Å². The molecule has 1 aromatic carbocycles. The van der Waals surface area contributed by atoms with Gasteiger partial charge in [0.2, 0.25) is 0 Å². The highest BCUT2D eigenvalue weighted by Gasteiger charge is 2.37. The number of alkyl halides is 2. The van der Waals surface area contributed by atoms with E-state index in [0.29, 0.717) is 25.2 Å². The number of hydrogen-bond donors (Lipinski definition) is 1. The summed E-state index contributed by atoms with van der Waals surface area (Å²) in [6.07, 6.45) is -1.53. The highest BCUT2D eigenvalue weighted by Crippen LogP contribution is 2.29. The van der Waals surface area contributed by atoms with Gasteiger partial charge in [0.15, 0.2) is 0 Å². The molecule has 18 heavy (non-hydrogen) atoms. The summed E-state index contributed by atoms with van der Waals surface area (Å²) in [5.74, 6) is -0.320. The van der Waals surface area contributed by atoms with Crippen LogP contribution in [0.5, 0.6) is 0 Å². The molecule has 1 fully saturated rings. The number of benzene rings is 1. The fourth-order valence-corrected chi connectivity index (χ4v) is 2.35. The number of para-hydroxylation sites is 1. The minimum atomic E-state index is -2.53. The minimum Gasteiger partial charge on any atom is -0.369 e. The summed E-state index contributed by atoms with van der Waals surface area (Å²) < 4.78 is 39.4. The van der Waals surface area contributed by atoms with Crippen molar-refractivity contribution in [1.82, 2.24) is 0 Å². The first kappa shape index (κ1) is 13.2. The molecular weight excluding hydrogens is 241 g/mol. The lowest BCUT2D eigenvalue weighted by molar-refractivity contribution is 0.0466. The van der Waals surface area contributed by atoms with Crippen LogP contribution in [0.15, 0.2) is 24.3 Å². The summed E-state index contributed by atoms with van der Waals surface area (Å²) in [6, 6.07) is 6.40. The standard InChI is InChI=1S/C13H17F3N2/c14-10-4-1-2-5-11(10)18-8-3-6-13(17,7-9-18)12(15)16/h1-2,4-5,12H,3,6-9,17H2. The molecule has 100 valence electrons. The van der Waals surface area contributed by atoms with E-state index in [1.165, 1.54) is 6.07 Å². The first-order valence-electron chi connectivity index (χ1n) is 6.09. The van der Waals surface area contributed by atoms with Gasteiger partial charge in [0, 0.05) is 13.1 Å². The van der Waals surface area contributed by atoms with Crippen LogP contribution in [0.25, 0.3) is 0 Å². The monoisotopic (exact) mass is 258 g/mol. The van der Waals surface area contributed by atoms with E-state index in [0.717, 1.165) is 0 Å². The highest BCUT2D eigenvalue weighted by molar-refractivity contribution is 5.47. The Kier molecular flexibility index (Phi) is 3.80. The fraction of sp³-hybridized carbons (Fsp3) is 0.538. The van der Waals surface area contributed by atoms with Crippen LogP contribution in [0.1, 0.15) is 19.3 Å². The van der Waals surface area contributed by atoms with Gasteiger partial charge in [-0.1, -0.05) is 12.1 Å². The molecular formula is C13H17F3N2. The average Bonchev–Trinajstić information content (AvgIpc) is 2.53.